The van der Waals surface area contributed by atoms with Gasteiger partial charge in [0.1, 0.15) is 0 Å². The molecule has 0 aromatic heterocycles. The fourth-order valence-corrected chi connectivity index (χ4v) is 3.43. The Bertz CT molecular complexity index is 804. The summed E-state index contributed by atoms with van der Waals surface area (Å²) in [5.74, 6) is -0.110. The number of carbonyl (C=O) groups excluding carboxylic acids is 2. The number of benzene rings is 2. The van der Waals surface area contributed by atoms with Gasteiger partial charge in [-0.15, -0.1) is 0 Å². The molecule has 1 fully saturated rings. The van der Waals surface area contributed by atoms with E-state index < -0.39 is 0 Å². The topological polar surface area (TPSA) is 52.7 Å². The summed E-state index contributed by atoms with van der Waals surface area (Å²) in [6.07, 6.45) is 0. The zero-order valence-corrected chi connectivity index (χ0v) is 15.8. The van der Waals surface area contributed by atoms with Crippen LogP contribution in [0.1, 0.15) is 18.1 Å². The van der Waals surface area contributed by atoms with Gasteiger partial charge in [-0.1, -0.05) is 41.4 Å². The summed E-state index contributed by atoms with van der Waals surface area (Å²) in [7, 11) is 0. The highest BCUT2D eigenvalue weighted by atomic mass is 35.5. The number of urea groups is 1. The standard InChI is InChI=1S/C19H19Cl2N3O2/c1-13(25)22-15-7-5-14(6-8-15)11-23-9-10-24(19(23)26)12-16-17(20)3-2-4-18(16)21/h2-8H,9-12H2,1H3,(H,22,25). The molecule has 0 radical (unpaired) electrons. The number of amides is 3. The Balaban J connectivity index is 1.63. The van der Waals surface area contributed by atoms with Crippen LogP contribution >= 0.6 is 23.2 Å². The predicted molar refractivity (Wildman–Crippen MR) is 103 cm³/mol. The number of nitrogens with zero attached hydrogens (tertiary/aromatic N) is 2. The van der Waals surface area contributed by atoms with E-state index >= 15 is 0 Å². The molecule has 1 aliphatic rings. The zero-order valence-electron chi connectivity index (χ0n) is 14.3. The summed E-state index contributed by atoms with van der Waals surface area (Å²) in [5.41, 5.74) is 2.51. The van der Waals surface area contributed by atoms with Gasteiger partial charge in [-0.2, -0.15) is 0 Å². The molecule has 0 saturated carbocycles. The van der Waals surface area contributed by atoms with Gasteiger partial charge in [-0.25, -0.2) is 4.79 Å². The van der Waals surface area contributed by atoms with E-state index in [0.29, 0.717) is 36.2 Å². The van der Waals surface area contributed by atoms with E-state index in [0.717, 1.165) is 16.8 Å². The molecule has 0 atom stereocenters. The number of rotatable bonds is 5. The molecule has 1 saturated heterocycles. The minimum atomic E-state index is -0.110. The summed E-state index contributed by atoms with van der Waals surface area (Å²) < 4.78 is 0. The van der Waals surface area contributed by atoms with Crippen LogP contribution in [0.2, 0.25) is 10.0 Å². The average Bonchev–Trinajstić information content (AvgIpc) is 2.93. The minimum Gasteiger partial charge on any atom is -0.326 e. The number of nitrogens with one attached hydrogen (secondary N) is 1. The molecule has 0 bridgehead atoms. The van der Waals surface area contributed by atoms with Crippen molar-refractivity contribution in [2.45, 2.75) is 20.0 Å². The van der Waals surface area contributed by atoms with Crippen LogP contribution in [0.15, 0.2) is 42.5 Å². The third-order valence-corrected chi connectivity index (χ3v) is 4.95. The summed E-state index contributed by atoms with van der Waals surface area (Å²) >= 11 is 12.4. The minimum absolute atomic E-state index is 0.0353. The van der Waals surface area contributed by atoms with Gasteiger partial charge in [0.2, 0.25) is 5.91 Å². The molecule has 5 nitrogen and oxygen atoms in total. The second-order valence-electron chi connectivity index (χ2n) is 6.20. The van der Waals surface area contributed by atoms with Crippen molar-refractivity contribution in [1.29, 1.82) is 0 Å². The van der Waals surface area contributed by atoms with Crippen molar-refractivity contribution in [3.63, 3.8) is 0 Å². The Hall–Kier alpha value is -2.24. The van der Waals surface area contributed by atoms with Gasteiger partial charge >= 0.3 is 6.03 Å². The Morgan fingerprint density at radius 2 is 1.58 bits per heavy atom. The SMILES string of the molecule is CC(=O)Nc1ccc(CN2CCN(Cc3c(Cl)cccc3Cl)C2=O)cc1. The average molecular weight is 392 g/mol. The molecule has 0 spiro atoms. The third kappa shape index (κ3) is 4.29. The first kappa shape index (κ1) is 18.5. The molecule has 1 N–H and O–H groups in total. The van der Waals surface area contributed by atoms with Gasteiger partial charge in [-0.3, -0.25) is 4.79 Å². The van der Waals surface area contributed by atoms with E-state index in [1.165, 1.54) is 6.92 Å². The van der Waals surface area contributed by atoms with E-state index in [4.69, 9.17) is 23.2 Å². The molecule has 2 aromatic carbocycles. The molecular weight excluding hydrogens is 373 g/mol. The molecule has 0 unspecified atom stereocenters. The Morgan fingerprint density at radius 3 is 2.15 bits per heavy atom. The van der Waals surface area contributed by atoms with Crippen LogP contribution in [0.5, 0.6) is 0 Å². The van der Waals surface area contributed by atoms with Crippen LogP contribution in [0.4, 0.5) is 10.5 Å². The van der Waals surface area contributed by atoms with Gasteiger partial charge < -0.3 is 15.1 Å². The molecule has 3 rings (SSSR count). The maximum Gasteiger partial charge on any atom is 0.320 e. The maximum atomic E-state index is 12.7. The number of anilines is 1. The van der Waals surface area contributed by atoms with Crippen LogP contribution in [-0.2, 0) is 17.9 Å². The van der Waals surface area contributed by atoms with E-state index in [-0.39, 0.29) is 11.9 Å². The molecule has 0 aliphatic carbocycles. The number of halogens is 2. The van der Waals surface area contributed by atoms with Crippen molar-refractivity contribution in [3.05, 3.63) is 63.6 Å². The zero-order chi connectivity index (χ0) is 18.7. The van der Waals surface area contributed by atoms with Crippen LogP contribution in [-0.4, -0.2) is 34.8 Å². The van der Waals surface area contributed by atoms with Gasteiger partial charge in [-0.05, 0) is 29.8 Å². The van der Waals surface area contributed by atoms with Crippen LogP contribution in [0.25, 0.3) is 0 Å². The fraction of sp³-hybridized carbons (Fsp3) is 0.263. The smallest absolute Gasteiger partial charge is 0.320 e. The summed E-state index contributed by atoms with van der Waals surface area (Å²) in [4.78, 5) is 27.3. The normalized spacial score (nSPS) is 14.0. The van der Waals surface area contributed by atoms with Crippen molar-refractivity contribution in [2.24, 2.45) is 0 Å². The first-order chi connectivity index (χ1) is 12.4. The Morgan fingerprint density at radius 1 is 1.00 bits per heavy atom. The quantitative estimate of drug-likeness (QED) is 0.821. The van der Waals surface area contributed by atoms with Gasteiger partial charge in [0, 0.05) is 47.9 Å². The fourth-order valence-electron chi connectivity index (χ4n) is 2.92. The first-order valence-corrected chi connectivity index (χ1v) is 9.03. The van der Waals surface area contributed by atoms with Crippen LogP contribution in [0, 0.1) is 0 Å². The van der Waals surface area contributed by atoms with Crippen molar-refractivity contribution in [3.8, 4) is 0 Å². The van der Waals surface area contributed by atoms with Gasteiger partial charge in [0.15, 0.2) is 0 Å². The van der Waals surface area contributed by atoms with E-state index in [1.807, 2.05) is 24.3 Å². The largest absolute Gasteiger partial charge is 0.326 e. The van der Waals surface area contributed by atoms with Crippen LogP contribution in [0.3, 0.4) is 0 Å². The lowest BCUT2D eigenvalue weighted by Gasteiger charge is -2.20. The highest BCUT2D eigenvalue weighted by molar-refractivity contribution is 6.36. The number of carbonyl (C=O) groups is 2. The molecule has 1 aliphatic heterocycles. The highest BCUT2D eigenvalue weighted by Gasteiger charge is 2.29. The van der Waals surface area contributed by atoms with Crippen molar-refractivity contribution < 1.29 is 9.59 Å². The molecule has 2 aromatic rings. The lowest BCUT2D eigenvalue weighted by molar-refractivity contribution is -0.114. The lowest BCUT2D eigenvalue weighted by atomic mass is 10.2. The predicted octanol–water partition coefficient (Wildman–Crippen LogP) is 4.39. The van der Waals surface area contributed by atoms with E-state index in [2.05, 4.69) is 5.32 Å². The molecule has 7 heteroatoms. The number of hydrogen-bond donors (Lipinski definition) is 1. The van der Waals surface area contributed by atoms with Crippen LogP contribution < -0.4 is 5.32 Å². The van der Waals surface area contributed by atoms with Crippen molar-refractivity contribution in [2.75, 3.05) is 18.4 Å². The Kier molecular flexibility index (Phi) is 5.69. The maximum absolute atomic E-state index is 12.7. The lowest BCUT2D eigenvalue weighted by Crippen LogP contribution is -2.31. The monoisotopic (exact) mass is 391 g/mol. The number of hydrogen-bond acceptors (Lipinski definition) is 2. The summed E-state index contributed by atoms with van der Waals surface area (Å²) in [6, 6.07) is 12.8. The second-order valence-corrected chi connectivity index (χ2v) is 7.02. The first-order valence-electron chi connectivity index (χ1n) is 8.27. The molecule has 1 heterocycles. The van der Waals surface area contributed by atoms with Gasteiger partial charge in [0.25, 0.3) is 0 Å². The van der Waals surface area contributed by atoms with E-state index in [1.54, 1.807) is 28.0 Å². The highest BCUT2D eigenvalue weighted by Crippen LogP contribution is 2.27. The second kappa shape index (κ2) is 7.98. The molecule has 26 heavy (non-hydrogen) atoms. The third-order valence-electron chi connectivity index (χ3n) is 4.24. The van der Waals surface area contributed by atoms with Crippen molar-refractivity contribution in [1.82, 2.24) is 9.80 Å². The summed E-state index contributed by atoms with van der Waals surface area (Å²) in [5, 5.41) is 3.86. The molecular formula is C19H19Cl2N3O2. The van der Waals surface area contributed by atoms with E-state index in [9.17, 15) is 9.59 Å². The molecule has 3 amide bonds. The summed E-state index contributed by atoms with van der Waals surface area (Å²) in [6.45, 7) is 3.66. The molecule has 136 valence electrons. The Labute approximate surface area is 162 Å². The van der Waals surface area contributed by atoms with Gasteiger partial charge in [0.05, 0.1) is 6.54 Å². The van der Waals surface area contributed by atoms with Crippen molar-refractivity contribution >= 4 is 40.8 Å².